The Balaban J connectivity index is 1.62. The number of nitrogens with one attached hydrogen (secondary N) is 1. The number of benzene rings is 2. The van der Waals surface area contributed by atoms with Crippen molar-refractivity contribution in [2.24, 2.45) is 0 Å². The zero-order valence-corrected chi connectivity index (χ0v) is 16.8. The highest BCUT2D eigenvalue weighted by atomic mass is 16.4. The van der Waals surface area contributed by atoms with Crippen LogP contribution in [-0.2, 0) is 22.4 Å². The molecule has 1 aliphatic rings. The number of rotatable bonds is 5. The number of carboxylic acids is 1. The average Bonchev–Trinajstić information content (AvgIpc) is 3.16. The number of amides is 2. The summed E-state index contributed by atoms with van der Waals surface area (Å²) in [6, 6.07) is 13.4. The first-order chi connectivity index (χ1) is 14.4. The molecule has 1 fully saturated rings. The van der Waals surface area contributed by atoms with Gasteiger partial charge in [0.1, 0.15) is 12.1 Å². The molecular formula is C23H23N3O4. The number of piperazine rings is 1. The molecule has 7 nitrogen and oxygen atoms in total. The van der Waals surface area contributed by atoms with E-state index in [1.54, 1.807) is 38.5 Å². The highest BCUT2D eigenvalue weighted by Crippen LogP contribution is 2.27. The third kappa shape index (κ3) is 3.32. The Bertz CT molecular complexity index is 1120. The van der Waals surface area contributed by atoms with Crippen LogP contribution in [0.1, 0.15) is 21.5 Å². The van der Waals surface area contributed by atoms with E-state index >= 15 is 0 Å². The van der Waals surface area contributed by atoms with Crippen LogP contribution in [0.3, 0.4) is 0 Å². The summed E-state index contributed by atoms with van der Waals surface area (Å²) in [5.74, 6) is -1.30. The quantitative estimate of drug-likeness (QED) is 0.681. The molecule has 0 unspecified atom stereocenters. The molecule has 0 aliphatic carbocycles. The van der Waals surface area contributed by atoms with Gasteiger partial charge >= 0.3 is 5.97 Å². The highest BCUT2D eigenvalue weighted by Gasteiger charge is 2.42. The lowest BCUT2D eigenvalue weighted by atomic mass is 9.94. The predicted octanol–water partition coefficient (Wildman–Crippen LogP) is 2.32. The van der Waals surface area contributed by atoms with Crippen molar-refractivity contribution in [2.75, 3.05) is 14.1 Å². The Labute approximate surface area is 173 Å². The number of carbonyl (C=O) groups excluding carboxylic acids is 2. The Hall–Kier alpha value is -3.61. The van der Waals surface area contributed by atoms with Crippen LogP contribution in [0.25, 0.3) is 10.9 Å². The van der Waals surface area contributed by atoms with Gasteiger partial charge in [0.2, 0.25) is 11.8 Å². The van der Waals surface area contributed by atoms with Crippen LogP contribution in [0.5, 0.6) is 0 Å². The summed E-state index contributed by atoms with van der Waals surface area (Å²) in [4.78, 5) is 44.0. The fraction of sp³-hybridized carbons (Fsp3) is 0.261. The number of nitrogens with zero attached hydrogens (tertiary/aromatic N) is 2. The number of carbonyl (C=O) groups is 3. The molecule has 2 atom stereocenters. The second-order valence-electron chi connectivity index (χ2n) is 7.67. The molecule has 1 aromatic heterocycles. The fourth-order valence-electron chi connectivity index (χ4n) is 4.20. The average molecular weight is 405 g/mol. The van der Waals surface area contributed by atoms with E-state index in [1.165, 1.54) is 9.80 Å². The molecule has 2 N–H and O–H groups in total. The minimum absolute atomic E-state index is 0.121. The second kappa shape index (κ2) is 7.67. The Morgan fingerprint density at radius 1 is 0.933 bits per heavy atom. The molecule has 0 radical (unpaired) electrons. The fourth-order valence-corrected chi connectivity index (χ4v) is 4.20. The van der Waals surface area contributed by atoms with E-state index in [2.05, 4.69) is 4.98 Å². The Kier molecular flexibility index (Phi) is 5.03. The molecule has 3 aromatic rings. The maximum Gasteiger partial charge on any atom is 0.336 e. The molecule has 1 aliphatic heterocycles. The van der Waals surface area contributed by atoms with Crippen LogP contribution in [0, 0.1) is 0 Å². The van der Waals surface area contributed by atoms with Crippen LogP contribution in [0.15, 0.2) is 54.7 Å². The summed E-state index contributed by atoms with van der Waals surface area (Å²) in [6.45, 7) is 0. The van der Waals surface area contributed by atoms with Crippen molar-refractivity contribution < 1.29 is 19.5 Å². The normalized spacial score (nSPS) is 19.5. The molecule has 2 amide bonds. The van der Waals surface area contributed by atoms with E-state index in [9.17, 15) is 19.5 Å². The van der Waals surface area contributed by atoms with Crippen molar-refractivity contribution in [3.8, 4) is 0 Å². The lowest BCUT2D eigenvalue weighted by molar-refractivity contribution is -0.158. The van der Waals surface area contributed by atoms with E-state index in [0.717, 1.165) is 5.56 Å². The van der Waals surface area contributed by atoms with Gasteiger partial charge in [-0.2, -0.15) is 0 Å². The van der Waals surface area contributed by atoms with Crippen molar-refractivity contribution in [1.82, 2.24) is 14.8 Å². The maximum atomic E-state index is 13.2. The van der Waals surface area contributed by atoms with Crippen molar-refractivity contribution in [3.63, 3.8) is 0 Å². The molecule has 1 saturated heterocycles. The third-order valence-electron chi connectivity index (χ3n) is 5.90. The lowest BCUT2D eigenvalue weighted by Gasteiger charge is -2.42. The maximum absolute atomic E-state index is 13.2. The van der Waals surface area contributed by atoms with E-state index < -0.39 is 18.1 Å². The van der Waals surface area contributed by atoms with Crippen LogP contribution in [-0.4, -0.2) is 63.9 Å². The lowest BCUT2D eigenvalue weighted by Crippen LogP contribution is -2.63. The van der Waals surface area contributed by atoms with Crippen LogP contribution < -0.4 is 0 Å². The summed E-state index contributed by atoms with van der Waals surface area (Å²) in [5, 5.41) is 10.1. The largest absolute Gasteiger partial charge is 0.478 e. The first kappa shape index (κ1) is 19.7. The second-order valence-corrected chi connectivity index (χ2v) is 7.67. The summed E-state index contributed by atoms with van der Waals surface area (Å²) in [7, 11) is 3.30. The molecule has 4 rings (SSSR count). The number of carboxylic acid groups (broad SMARTS) is 1. The number of aromatic carboxylic acids is 1. The number of H-pyrrole nitrogens is 1. The number of likely N-dealkylation sites (N-methyl/N-ethyl adjacent to an activating group) is 2. The summed E-state index contributed by atoms with van der Waals surface area (Å²) < 4.78 is 0. The Morgan fingerprint density at radius 2 is 1.57 bits per heavy atom. The summed E-state index contributed by atoms with van der Waals surface area (Å²) >= 11 is 0. The van der Waals surface area contributed by atoms with Crippen LogP contribution in [0.2, 0.25) is 0 Å². The number of aromatic amines is 1. The summed E-state index contributed by atoms with van der Waals surface area (Å²) in [6.07, 6.45) is 2.42. The molecule has 2 heterocycles. The van der Waals surface area contributed by atoms with Crippen molar-refractivity contribution in [1.29, 1.82) is 0 Å². The molecule has 30 heavy (non-hydrogen) atoms. The zero-order chi connectivity index (χ0) is 21.4. The van der Waals surface area contributed by atoms with Gasteiger partial charge in [-0.05, 0) is 23.3 Å². The van der Waals surface area contributed by atoms with Crippen molar-refractivity contribution in [2.45, 2.75) is 24.9 Å². The molecule has 2 aromatic carbocycles. The van der Waals surface area contributed by atoms with Gasteiger partial charge in [-0.25, -0.2) is 4.79 Å². The molecule has 154 valence electrons. The van der Waals surface area contributed by atoms with E-state index in [1.807, 2.05) is 30.3 Å². The predicted molar refractivity (Wildman–Crippen MR) is 112 cm³/mol. The van der Waals surface area contributed by atoms with Gasteiger partial charge < -0.3 is 19.9 Å². The molecule has 7 heteroatoms. The summed E-state index contributed by atoms with van der Waals surface area (Å²) in [5.41, 5.74) is 2.56. The number of hydrogen-bond donors (Lipinski definition) is 2. The van der Waals surface area contributed by atoms with Crippen molar-refractivity contribution in [3.05, 3.63) is 71.4 Å². The number of aromatic nitrogens is 1. The standard InChI is InChI=1S/C23H23N3O4/c1-25-18(11-14-7-4-3-5-8-14)21(27)26(2)19(22(25)28)12-15-13-24-17-10-6-9-16(20(15)17)23(29)30/h3-10,13,18-19,24H,11-12H2,1-2H3,(H,29,30)/t18-,19-/m0/s1. The zero-order valence-electron chi connectivity index (χ0n) is 16.8. The topological polar surface area (TPSA) is 93.7 Å². The van der Waals surface area contributed by atoms with Crippen molar-refractivity contribution >= 4 is 28.7 Å². The molecule has 0 saturated carbocycles. The smallest absolute Gasteiger partial charge is 0.336 e. The van der Waals surface area contributed by atoms with Gasteiger partial charge in [0.15, 0.2) is 0 Å². The van der Waals surface area contributed by atoms with E-state index in [-0.39, 0.29) is 23.8 Å². The SMILES string of the molecule is CN1C(=O)[C@H](Cc2c[nH]c3cccc(C(=O)O)c23)N(C)C(=O)[C@@H]1Cc1ccccc1. The van der Waals surface area contributed by atoms with E-state index in [0.29, 0.717) is 22.9 Å². The monoisotopic (exact) mass is 405 g/mol. The van der Waals surface area contributed by atoms with Crippen LogP contribution >= 0.6 is 0 Å². The van der Waals surface area contributed by atoms with Gasteiger partial charge in [-0.1, -0.05) is 36.4 Å². The molecule has 0 bridgehead atoms. The van der Waals surface area contributed by atoms with E-state index in [4.69, 9.17) is 0 Å². The minimum atomic E-state index is -1.03. The van der Waals surface area contributed by atoms with Gasteiger partial charge in [0.05, 0.1) is 5.56 Å². The third-order valence-corrected chi connectivity index (χ3v) is 5.90. The van der Waals surface area contributed by atoms with Gasteiger partial charge in [-0.3, -0.25) is 9.59 Å². The minimum Gasteiger partial charge on any atom is -0.478 e. The number of fused-ring (bicyclic) bond motifs is 1. The van der Waals surface area contributed by atoms with Gasteiger partial charge in [0.25, 0.3) is 0 Å². The molecule has 0 spiro atoms. The number of hydrogen-bond acceptors (Lipinski definition) is 3. The Morgan fingerprint density at radius 3 is 2.20 bits per heavy atom. The van der Waals surface area contributed by atoms with Gasteiger partial charge in [0, 0.05) is 44.0 Å². The van der Waals surface area contributed by atoms with Gasteiger partial charge in [-0.15, -0.1) is 0 Å². The van der Waals surface area contributed by atoms with Crippen LogP contribution in [0.4, 0.5) is 0 Å². The first-order valence-corrected chi connectivity index (χ1v) is 9.78. The highest BCUT2D eigenvalue weighted by molar-refractivity contribution is 6.05. The first-order valence-electron chi connectivity index (χ1n) is 9.78. The molecular weight excluding hydrogens is 382 g/mol.